The highest BCUT2D eigenvalue weighted by Gasteiger charge is 2.10. The van der Waals surface area contributed by atoms with Crippen LogP contribution in [0.3, 0.4) is 0 Å². The van der Waals surface area contributed by atoms with Gasteiger partial charge in [-0.1, -0.05) is 108 Å². The van der Waals surface area contributed by atoms with Crippen molar-refractivity contribution >= 4 is 108 Å². The molecule has 0 unspecified atom stereocenters. The van der Waals surface area contributed by atoms with Gasteiger partial charge >= 0.3 is 0 Å². The molecule has 10 nitrogen and oxygen atoms in total. The fraction of sp³-hybridized carbons (Fsp3) is 0. The molecule has 0 aliphatic carbocycles. The maximum absolute atomic E-state index is 10.5. The number of phenolic OH excluding ortho intramolecular Hbond substituents is 1. The second-order valence-corrected chi connectivity index (χ2v) is 16.1. The number of aromatic nitrogens is 2. The molecular formula is C52H38Cl5N5O5. The van der Waals surface area contributed by atoms with Crippen LogP contribution in [0.25, 0.3) is 56.2 Å². The number of nitrogens with two attached hydrogens (primary N) is 3. The van der Waals surface area contributed by atoms with E-state index in [1.165, 1.54) is 17.2 Å². The lowest BCUT2D eigenvalue weighted by Crippen LogP contribution is -1.89. The average Bonchev–Trinajstić information content (AvgIpc) is 3.96. The number of anilines is 3. The summed E-state index contributed by atoms with van der Waals surface area (Å²) < 4.78 is 11.4. The van der Waals surface area contributed by atoms with Gasteiger partial charge in [0, 0.05) is 66.9 Å². The molecule has 0 saturated heterocycles. The molecule has 67 heavy (non-hydrogen) atoms. The van der Waals surface area contributed by atoms with Gasteiger partial charge in [-0.3, -0.25) is 9.59 Å². The van der Waals surface area contributed by atoms with Crippen molar-refractivity contribution in [2.24, 2.45) is 0 Å². The van der Waals surface area contributed by atoms with Crippen molar-refractivity contribution in [2.75, 3.05) is 17.2 Å². The summed E-state index contributed by atoms with van der Waals surface area (Å²) in [5.74, 6) is 1.21. The van der Waals surface area contributed by atoms with Crippen molar-refractivity contribution in [2.45, 2.75) is 0 Å². The minimum Gasteiger partial charge on any atom is -0.506 e. The van der Waals surface area contributed by atoms with Gasteiger partial charge in [-0.05, 0) is 131 Å². The Hall–Kier alpha value is -7.31. The third-order valence-electron chi connectivity index (χ3n) is 9.23. The highest BCUT2D eigenvalue weighted by atomic mass is 35.5. The van der Waals surface area contributed by atoms with E-state index in [-0.39, 0.29) is 5.75 Å². The molecule has 7 N–H and O–H groups in total. The predicted octanol–water partition coefficient (Wildman–Crippen LogP) is 14.9. The second-order valence-electron chi connectivity index (χ2n) is 14.1. The number of rotatable bonds is 5. The number of oxazole rings is 2. The number of aromatic hydroxyl groups is 1. The number of halogens is 5. The number of nitrogens with zero attached hydrogens (tertiary/aromatic N) is 2. The Morgan fingerprint density at radius 3 is 1.24 bits per heavy atom. The van der Waals surface area contributed by atoms with Crippen LogP contribution in [0.15, 0.2) is 197 Å². The highest BCUT2D eigenvalue weighted by Crippen LogP contribution is 2.29. The predicted molar refractivity (Wildman–Crippen MR) is 274 cm³/mol. The number of carbonyl (C=O) groups is 2. The van der Waals surface area contributed by atoms with Gasteiger partial charge in [0.1, 0.15) is 16.8 Å². The minimum absolute atomic E-state index is 0.0301. The molecule has 10 rings (SSSR count). The number of nitrogen functional groups attached to an aromatic ring is 3. The Kier molecular flexibility index (Phi) is 17.4. The van der Waals surface area contributed by atoms with Crippen LogP contribution in [0.1, 0.15) is 20.7 Å². The zero-order valence-electron chi connectivity index (χ0n) is 35.0. The molecule has 0 spiro atoms. The number of benzene rings is 8. The van der Waals surface area contributed by atoms with E-state index in [1.807, 2.05) is 78.9 Å². The Morgan fingerprint density at radius 1 is 0.433 bits per heavy atom. The maximum atomic E-state index is 10.5. The lowest BCUT2D eigenvalue weighted by atomic mass is 10.0. The van der Waals surface area contributed by atoms with Crippen LogP contribution in [-0.4, -0.2) is 25.6 Å². The van der Waals surface area contributed by atoms with Gasteiger partial charge in [0.15, 0.2) is 11.2 Å². The quantitative estimate of drug-likeness (QED) is 0.0735. The van der Waals surface area contributed by atoms with Crippen LogP contribution in [-0.2, 0) is 0 Å². The Balaban J connectivity index is 0.000000146. The van der Waals surface area contributed by atoms with Crippen LogP contribution in [0.5, 0.6) is 5.75 Å². The molecule has 0 aliphatic rings. The van der Waals surface area contributed by atoms with Gasteiger partial charge in [-0.2, -0.15) is 0 Å². The lowest BCUT2D eigenvalue weighted by molar-refractivity contribution is 0.107. The first kappa shape index (κ1) is 49.1. The van der Waals surface area contributed by atoms with Gasteiger partial charge in [0.05, 0.1) is 5.69 Å². The van der Waals surface area contributed by atoms with E-state index in [1.54, 1.807) is 78.9 Å². The average molecular weight is 990 g/mol. The normalized spacial score (nSPS) is 10.2. The van der Waals surface area contributed by atoms with Crippen molar-refractivity contribution in [3.8, 4) is 39.8 Å². The van der Waals surface area contributed by atoms with Gasteiger partial charge in [-0.15, -0.1) is 0 Å². The molecule has 10 aromatic rings. The molecule has 0 amide bonds. The summed E-state index contributed by atoms with van der Waals surface area (Å²) in [6.45, 7) is 0. The first-order valence-corrected chi connectivity index (χ1v) is 21.8. The largest absolute Gasteiger partial charge is 0.506 e. The third-order valence-corrected chi connectivity index (χ3v) is 10.4. The van der Waals surface area contributed by atoms with Crippen molar-refractivity contribution in [1.82, 2.24) is 9.97 Å². The molecule has 0 fully saturated rings. The van der Waals surface area contributed by atoms with Crippen LogP contribution in [0.2, 0.25) is 15.1 Å². The number of carbonyl (C=O) groups excluding carboxylic acids is 2. The monoisotopic (exact) mass is 987 g/mol. The first-order valence-electron chi connectivity index (χ1n) is 19.9. The minimum atomic E-state index is -0.458. The van der Waals surface area contributed by atoms with E-state index in [4.69, 9.17) is 89.1 Å². The molecule has 0 bridgehead atoms. The summed E-state index contributed by atoms with van der Waals surface area (Å²) in [6.07, 6.45) is 0. The van der Waals surface area contributed by atoms with E-state index in [2.05, 4.69) is 34.2 Å². The fourth-order valence-electron chi connectivity index (χ4n) is 5.81. The Labute approximate surface area is 410 Å². The van der Waals surface area contributed by atoms with Crippen LogP contribution in [0, 0.1) is 0 Å². The van der Waals surface area contributed by atoms with Gasteiger partial charge < -0.3 is 31.1 Å². The second kappa shape index (κ2) is 23.7. The zero-order chi connectivity index (χ0) is 47.9. The van der Waals surface area contributed by atoms with E-state index < -0.39 is 10.5 Å². The third kappa shape index (κ3) is 14.6. The van der Waals surface area contributed by atoms with E-state index in [0.29, 0.717) is 66.2 Å². The van der Waals surface area contributed by atoms with Crippen LogP contribution in [0.4, 0.5) is 17.1 Å². The summed E-state index contributed by atoms with van der Waals surface area (Å²) in [4.78, 5) is 29.8. The van der Waals surface area contributed by atoms with E-state index >= 15 is 0 Å². The summed E-state index contributed by atoms with van der Waals surface area (Å²) in [5, 5.41) is 9.80. The van der Waals surface area contributed by atoms with E-state index in [9.17, 15) is 9.59 Å². The van der Waals surface area contributed by atoms with Gasteiger partial charge in [0.2, 0.25) is 11.8 Å². The van der Waals surface area contributed by atoms with Crippen molar-refractivity contribution in [3.05, 3.63) is 214 Å². The Morgan fingerprint density at radius 2 is 0.806 bits per heavy atom. The zero-order valence-corrected chi connectivity index (χ0v) is 38.8. The molecule has 0 atom stereocenters. The molecule has 2 aromatic heterocycles. The summed E-state index contributed by atoms with van der Waals surface area (Å²) >= 11 is 27.7. The number of phenols is 1. The lowest BCUT2D eigenvalue weighted by Gasteiger charge is -2.02. The topological polar surface area (TPSA) is 184 Å². The summed E-state index contributed by atoms with van der Waals surface area (Å²) in [5.41, 5.74) is 26.2. The first-order chi connectivity index (χ1) is 32.2. The van der Waals surface area contributed by atoms with E-state index in [0.717, 1.165) is 22.2 Å². The molecule has 15 heteroatoms. The standard InChI is InChI=1S/C19H12ClNO.C13H9ClN2O.C7H6ClNO.C7H5ClO.C6H6ClNO/c20-16-10-11-17-18(12-16)22-19(21-17)15-8-6-14(7-9-15)13-4-2-1-3-5-13;14-9-3-6-11-12(7-9)17-13(16-11)8-1-4-10(15)5-2-8;8-7(10)5-1-3-6(9)4-2-5;8-7(9)6-4-2-1-3-5-6;7-4-1-2-5(8)6(9)3-4/h1-12H;1-7H,15H2;1-4H,9H2;1-5H;1-3,9H,8H2. The van der Waals surface area contributed by atoms with Crippen molar-refractivity contribution in [1.29, 1.82) is 0 Å². The maximum Gasteiger partial charge on any atom is 0.252 e. The molecule has 336 valence electrons. The summed E-state index contributed by atoms with van der Waals surface area (Å²) in [6, 6.07) is 56.5. The number of hydrogen-bond acceptors (Lipinski definition) is 10. The smallest absolute Gasteiger partial charge is 0.252 e. The molecule has 2 heterocycles. The van der Waals surface area contributed by atoms with Gasteiger partial charge in [0.25, 0.3) is 10.5 Å². The molecular weight excluding hydrogens is 952 g/mol. The molecule has 8 aromatic carbocycles. The van der Waals surface area contributed by atoms with Crippen LogP contribution >= 0.6 is 58.0 Å². The number of fused-ring (bicyclic) bond motifs is 2. The fourth-order valence-corrected chi connectivity index (χ4v) is 6.55. The van der Waals surface area contributed by atoms with Crippen molar-refractivity contribution in [3.63, 3.8) is 0 Å². The SMILES string of the molecule is Clc1ccc2nc(-c3ccc(-c4ccccc4)cc3)oc2c1.Nc1ccc(-c2nc3ccc(Cl)cc3o2)cc1.Nc1ccc(C(=O)Cl)cc1.Nc1ccc(Cl)cc1O.O=C(Cl)c1ccccc1. The van der Waals surface area contributed by atoms with Gasteiger partial charge in [-0.25, -0.2) is 9.97 Å². The van der Waals surface area contributed by atoms with Crippen molar-refractivity contribution < 1.29 is 23.5 Å². The molecule has 0 radical (unpaired) electrons. The highest BCUT2D eigenvalue weighted by molar-refractivity contribution is 6.68. The molecule has 0 saturated carbocycles. The van der Waals surface area contributed by atoms with Crippen LogP contribution < -0.4 is 17.2 Å². The number of hydrogen-bond donors (Lipinski definition) is 4. The molecule has 0 aliphatic heterocycles. The Bertz CT molecular complexity index is 3200. The summed E-state index contributed by atoms with van der Waals surface area (Å²) in [7, 11) is 0.